The summed E-state index contributed by atoms with van der Waals surface area (Å²) in [6.07, 6.45) is 1.67. The number of hydrogen-bond donors (Lipinski definition) is 1. The predicted octanol–water partition coefficient (Wildman–Crippen LogP) is 4.01. The fraction of sp³-hybridized carbons (Fsp3) is 0.167. The minimum atomic E-state index is -0.0121. The van der Waals surface area contributed by atoms with Gasteiger partial charge in [-0.3, -0.25) is 4.79 Å². The maximum absolute atomic E-state index is 12.1. The van der Waals surface area contributed by atoms with E-state index in [0.717, 1.165) is 20.6 Å². The van der Waals surface area contributed by atoms with Crippen LogP contribution in [0.2, 0.25) is 0 Å². The lowest BCUT2D eigenvalue weighted by atomic mass is 10.2. The normalized spacial score (nSPS) is 10.6. The van der Waals surface area contributed by atoms with Gasteiger partial charge in [-0.2, -0.15) is 0 Å². The van der Waals surface area contributed by atoms with Crippen molar-refractivity contribution in [2.75, 3.05) is 11.1 Å². The first-order valence-corrected chi connectivity index (χ1v) is 9.52. The van der Waals surface area contributed by atoms with E-state index in [1.165, 1.54) is 17.3 Å². The van der Waals surface area contributed by atoms with Crippen LogP contribution in [0.1, 0.15) is 5.56 Å². The van der Waals surface area contributed by atoms with E-state index in [-0.39, 0.29) is 5.91 Å². The molecule has 128 valence electrons. The first-order valence-electron chi connectivity index (χ1n) is 7.72. The maximum Gasteiger partial charge on any atom is 0.234 e. The molecule has 5 nitrogen and oxygen atoms in total. The molecule has 1 N–H and O–H groups in total. The first-order chi connectivity index (χ1) is 12.1. The monoisotopic (exact) mass is 370 g/mol. The summed E-state index contributed by atoms with van der Waals surface area (Å²) in [7, 11) is 1.91. The number of aromatic nitrogens is 3. The Bertz CT molecular complexity index is 862. The van der Waals surface area contributed by atoms with Crippen LogP contribution in [0.25, 0.3) is 0 Å². The van der Waals surface area contributed by atoms with Gasteiger partial charge in [0.2, 0.25) is 5.91 Å². The molecule has 0 saturated heterocycles. The molecule has 0 aliphatic heterocycles. The number of carbonyl (C=O) groups is 1. The summed E-state index contributed by atoms with van der Waals surface area (Å²) in [6.45, 7) is 2.05. The topological polar surface area (TPSA) is 59.8 Å². The van der Waals surface area contributed by atoms with Gasteiger partial charge in [0.05, 0.1) is 5.75 Å². The lowest BCUT2D eigenvalue weighted by Gasteiger charge is -2.07. The molecule has 7 heteroatoms. The minimum absolute atomic E-state index is 0.0121. The molecule has 0 aliphatic rings. The van der Waals surface area contributed by atoms with Crippen LogP contribution in [0.3, 0.4) is 0 Å². The highest BCUT2D eigenvalue weighted by Crippen LogP contribution is 2.26. The van der Waals surface area contributed by atoms with Crippen molar-refractivity contribution in [3.63, 3.8) is 0 Å². The molecule has 0 unspecified atom stereocenters. The summed E-state index contributed by atoms with van der Waals surface area (Å²) < 4.78 is 1.86. The second kappa shape index (κ2) is 8.22. The number of aryl methyl sites for hydroxylation is 2. The first kappa shape index (κ1) is 17.6. The van der Waals surface area contributed by atoms with Gasteiger partial charge in [0, 0.05) is 22.5 Å². The van der Waals surface area contributed by atoms with Crippen LogP contribution in [0.15, 0.2) is 69.8 Å². The number of amides is 1. The highest BCUT2D eigenvalue weighted by atomic mass is 32.2. The summed E-state index contributed by atoms with van der Waals surface area (Å²) in [5.74, 6) is 0.377. The molecule has 0 spiro atoms. The molecule has 0 saturated carbocycles. The number of thioether (sulfide) groups is 1. The third kappa shape index (κ3) is 4.87. The summed E-state index contributed by atoms with van der Waals surface area (Å²) >= 11 is 3.08. The van der Waals surface area contributed by atoms with Crippen LogP contribution in [0.5, 0.6) is 0 Å². The zero-order valence-electron chi connectivity index (χ0n) is 14.0. The zero-order valence-corrected chi connectivity index (χ0v) is 15.6. The van der Waals surface area contributed by atoms with E-state index in [1.807, 2.05) is 67.1 Å². The van der Waals surface area contributed by atoms with Crippen LogP contribution in [0.4, 0.5) is 5.69 Å². The second-order valence-corrected chi connectivity index (χ2v) is 7.51. The molecule has 1 aromatic heterocycles. The zero-order chi connectivity index (χ0) is 17.6. The highest BCUT2D eigenvalue weighted by molar-refractivity contribution is 8.00. The molecule has 2 aromatic carbocycles. The second-order valence-electron chi connectivity index (χ2n) is 5.45. The Hall–Kier alpha value is -2.25. The quantitative estimate of drug-likeness (QED) is 0.665. The van der Waals surface area contributed by atoms with E-state index in [0.29, 0.717) is 5.75 Å². The van der Waals surface area contributed by atoms with Crippen molar-refractivity contribution in [3.8, 4) is 0 Å². The van der Waals surface area contributed by atoms with Gasteiger partial charge in [0.15, 0.2) is 5.16 Å². The van der Waals surface area contributed by atoms with Crippen LogP contribution >= 0.6 is 23.5 Å². The summed E-state index contributed by atoms with van der Waals surface area (Å²) in [6, 6.07) is 15.8. The van der Waals surface area contributed by atoms with Crippen LogP contribution in [-0.2, 0) is 11.8 Å². The molecule has 0 aliphatic carbocycles. The van der Waals surface area contributed by atoms with Gasteiger partial charge < -0.3 is 9.88 Å². The highest BCUT2D eigenvalue weighted by Gasteiger charge is 2.07. The Kier molecular flexibility index (Phi) is 5.78. The minimum Gasteiger partial charge on any atom is -0.325 e. The van der Waals surface area contributed by atoms with E-state index in [1.54, 1.807) is 18.1 Å². The van der Waals surface area contributed by atoms with Gasteiger partial charge in [-0.15, -0.1) is 22.0 Å². The Balaban J connectivity index is 1.53. The number of rotatable bonds is 6. The Morgan fingerprint density at radius 2 is 1.92 bits per heavy atom. The van der Waals surface area contributed by atoms with Crippen molar-refractivity contribution in [1.29, 1.82) is 0 Å². The molecule has 3 aromatic rings. The van der Waals surface area contributed by atoms with Crippen molar-refractivity contribution in [2.45, 2.75) is 21.9 Å². The van der Waals surface area contributed by atoms with Crippen molar-refractivity contribution in [1.82, 2.24) is 14.8 Å². The average Bonchev–Trinajstić information content (AvgIpc) is 3.01. The van der Waals surface area contributed by atoms with Gasteiger partial charge >= 0.3 is 0 Å². The van der Waals surface area contributed by atoms with E-state index in [9.17, 15) is 4.79 Å². The Morgan fingerprint density at radius 3 is 2.60 bits per heavy atom. The molecule has 1 amide bonds. The smallest absolute Gasteiger partial charge is 0.234 e. The van der Waals surface area contributed by atoms with Crippen LogP contribution < -0.4 is 5.32 Å². The molecule has 0 atom stereocenters. The average molecular weight is 371 g/mol. The summed E-state index contributed by atoms with van der Waals surface area (Å²) in [5, 5.41) is 11.7. The van der Waals surface area contributed by atoms with Crippen molar-refractivity contribution in [3.05, 3.63) is 60.4 Å². The number of nitrogens with zero attached hydrogens (tertiary/aromatic N) is 3. The van der Waals surface area contributed by atoms with Crippen molar-refractivity contribution < 1.29 is 4.79 Å². The van der Waals surface area contributed by atoms with Crippen LogP contribution in [-0.4, -0.2) is 26.4 Å². The van der Waals surface area contributed by atoms with E-state index in [4.69, 9.17) is 0 Å². The summed E-state index contributed by atoms with van der Waals surface area (Å²) in [4.78, 5) is 14.3. The third-order valence-corrected chi connectivity index (χ3v) is 5.71. The van der Waals surface area contributed by atoms with Gasteiger partial charge in [-0.1, -0.05) is 18.2 Å². The molecule has 0 fully saturated rings. The number of nitrogens with one attached hydrogen (secondary N) is 1. The Labute approximate surface area is 155 Å². The molecule has 1 heterocycles. The number of hydrogen-bond acceptors (Lipinski definition) is 5. The largest absolute Gasteiger partial charge is 0.325 e. The number of carbonyl (C=O) groups excluding carboxylic acids is 1. The lowest BCUT2D eigenvalue weighted by Crippen LogP contribution is -2.13. The van der Waals surface area contributed by atoms with Gasteiger partial charge in [-0.05, 0) is 54.6 Å². The van der Waals surface area contributed by atoms with Crippen molar-refractivity contribution >= 4 is 35.1 Å². The fourth-order valence-electron chi connectivity index (χ4n) is 2.14. The Morgan fingerprint density at radius 1 is 1.16 bits per heavy atom. The lowest BCUT2D eigenvalue weighted by molar-refractivity contribution is -0.113. The van der Waals surface area contributed by atoms with Gasteiger partial charge in [0.1, 0.15) is 6.33 Å². The molecule has 3 rings (SSSR count). The maximum atomic E-state index is 12.1. The predicted molar refractivity (Wildman–Crippen MR) is 102 cm³/mol. The van der Waals surface area contributed by atoms with Crippen molar-refractivity contribution in [2.24, 2.45) is 7.05 Å². The molecule has 0 radical (unpaired) electrons. The number of anilines is 1. The molecular formula is C18H18N4OS2. The van der Waals surface area contributed by atoms with E-state index in [2.05, 4.69) is 15.5 Å². The van der Waals surface area contributed by atoms with Gasteiger partial charge in [-0.25, -0.2) is 0 Å². The van der Waals surface area contributed by atoms with E-state index >= 15 is 0 Å². The summed E-state index contributed by atoms with van der Waals surface area (Å²) in [5.41, 5.74) is 1.98. The molecule has 25 heavy (non-hydrogen) atoms. The third-order valence-electron chi connectivity index (χ3n) is 3.47. The SMILES string of the molecule is Cc1ccccc1SCC(=O)Nc1ccc(Sc2nncn2C)cc1. The van der Waals surface area contributed by atoms with Gasteiger partial charge in [0.25, 0.3) is 0 Å². The molecular weight excluding hydrogens is 352 g/mol. The van der Waals surface area contributed by atoms with E-state index < -0.39 is 0 Å². The van der Waals surface area contributed by atoms with Crippen LogP contribution in [0, 0.1) is 6.92 Å². The fourth-order valence-corrected chi connectivity index (χ4v) is 3.73. The number of benzene rings is 2. The standard InChI is InChI=1S/C18H18N4OS2/c1-13-5-3-4-6-16(13)24-11-17(23)20-14-7-9-15(10-8-14)25-18-21-19-12-22(18)2/h3-10,12H,11H2,1-2H3,(H,20,23). The molecule has 0 bridgehead atoms.